The number of fused-ring (bicyclic) bond motifs is 6. The predicted molar refractivity (Wildman–Crippen MR) is 90.7 cm³/mol. The third-order valence-corrected chi connectivity index (χ3v) is 5.02. The molecular weight excluding hydrogens is 336 g/mol. The van der Waals surface area contributed by atoms with Crippen LogP contribution in [-0.4, -0.2) is 20.4 Å². The van der Waals surface area contributed by atoms with E-state index < -0.39 is 17.1 Å². The molecule has 0 atom stereocenters. The van der Waals surface area contributed by atoms with Gasteiger partial charge in [-0.25, -0.2) is 0 Å². The molecular formula is C20H14O6. The van der Waals surface area contributed by atoms with E-state index in [2.05, 4.69) is 0 Å². The summed E-state index contributed by atoms with van der Waals surface area (Å²) in [6.45, 7) is 0.332. The van der Waals surface area contributed by atoms with Crippen LogP contribution in [0.5, 0.6) is 34.5 Å². The molecule has 130 valence electrons. The highest BCUT2D eigenvalue weighted by Crippen LogP contribution is 2.61. The van der Waals surface area contributed by atoms with Crippen LogP contribution in [0.4, 0.5) is 0 Å². The normalized spacial score (nSPS) is 15.8. The number of hydrogen-bond donors (Lipinski definition) is 4. The summed E-state index contributed by atoms with van der Waals surface area (Å²) in [5, 5.41) is 40.5. The fourth-order valence-electron chi connectivity index (χ4n) is 3.83. The lowest BCUT2D eigenvalue weighted by Gasteiger charge is -2.37. The van der Waals surface area contributed by atoms with E-state index in [0.717, 1.165) is 11.1 Å². The molecule has 2 aliphatic heterocycles. The predicted octanol–water partition coefficient (Wildman–Crippen LogP) is 3.44. The maximum absolute atomic E-state index is 10.3. The van der Waals surface area contributed by atoms with E-state index >= 15 is 0 Å². The highest BCUT2D eigenvalue weighted by atomic mass is 16.5. The number of benzene rings is 3. The third kappa shape index (κ3) is 1.64. The highest BCUT2D eigenvalue weighted by molar-refractivity contribution is 5.72. The number of hydrogen-bond acceptors (Lipinski definition) is 6. The van der Waals surface area contributed by atoms with Gasteiger partial charge in [0, 0.05) is 11.1 Å². The molecule has 0 amide bonds. The molecule has 0 saturated heterocycles. The number of phenols is 4. The van der Waals surface area contributed by atoms with Gasteiger partial charge < -0.3 is 29.9 Å². The molecule has 0 aliphatic carbocycles. The molecule has 3 aromatic carbocycles. The van der Waals surface area contributed by atoms with Gasteiger partial charge in [0.15, 0.2) is 28.6 Å². The van der Waals surface area contributed by atoms with Gasteiger partial charge in [0.1, 0.15) is 0 Å². The minimum atomic E-state index is -1.13. The van der Waals surface area contributed by atoms with Gasteiger partial charge in [0.25, 0.3) is 0 Å². The van der Waals surface area contributed by atoms with E-state index in [-0.39, 0.29) is 23.0 Å². The van der Waals surface area contributed by atoms with Crippen LogP contribution >= 0.6 is 0 Å². The monoisotopic (exact) mass is 350 g/mol. The summed E-state index contributed by atoms with van der Waals surface area (Å²) >= 11 is 0. The number of rotatable bonds is 0. The molecule has 0 bridgehead atoms. The molecule has 0 unspecified atom stereocenters. The lowest BCUT2D eigenvalue weighted by Crippen LogP contribution is -2.32. The lowest BCUT2D eigenvalue weighted by molar-refractivity contribution is 0.0190. The van der Waals surface area contributed by atoms with Gasteiger partial charge >= 0.3 is 0 Å². The number of ether oxygens (including phenoxy) is 2. The summed E-state index contributed by atoms with van der Waals surface area (Å²) in [6.07, 6.45) is 0. The fourth-order valence-corrected chi connectivity index (χ4v) is 3.83. The maximum atomic E-state index is 10.3. The molecule has 6 heteroatoms. The van der Waals surface area contributed by atoms with Gasteiger partial charge in [-0.05, 0) is 35.4 Å². The Hall–Kier alpha value is -3.38. The SMILES string of the molecule is Oc1ccc2c(c1O)Oc1c(ccc(O)c1O)C21OCc2ccccc21. The molecule has 2 heterocycles. The second-order valence-corrected chi connectivity index (χ2v) is 6.35. The molecule has 26 heavy (non-hydrogen) atoms. The van der Waals surface area contributed by atoms with Gasteiger partial charge in [0.2, 0.25) is 11.5 Å². The van der Waals surface area contributed by atoms with E-state index in [1.807, 2.05) is 24.3 Å². The molecule has 0 aromatic heterocycles. The van der Waals surface area contributed by atoms with Crippen LogP contribution in [-0.2, 0) is 16.9 Å². The Bertz CT molecular complexity index is 1010. The quantitative estimate of drug-likeness (QED) is 0.464. The molecule has 6 nitrogen and oxygen atoms in total. The zero-order valence-corrected chi connectivity index (χ0v) is 13.4. The Balaban J connectivity index is 1.93. The molecule has 0 fully saturated rings. The smallest absolute Gasteiger partial charge is 0.201 e. The van der Waals surface area contributed by atoms with Crippen molar-refractivity contribution < 1.29 is 29.9 Å². The van der Waals surface area contributed by atoms with Crippen molar-refractivity contribution in [3.8, 4) is 34.5 Å². The maximum Gasteiger partial charge on any atom is 0.201 e. The minimum Gasteiger partial charge on any atom is -0.504 e. The van der Waals surface area contributed by atoms with E-state index in [1.54, 1.807) is 12.1 Å². The lowest BCUT2D eigenvalue weighted by atomic mass is 9.77. The highest BCUT2D eigenvalue weighted by Gasteiger charge is 2.51. The second kappa shape index (κ2) is 4.83. The number of aromatic hydroxyl groups is 4. The fraction of sp³-hybridized carbons (Fsp3) is 0.100. The van der Waals surface area contributed by atoms with Crippen LogP contribution < -0.4 is 4.74 Å². The molecule has 1 spiro atoms. The summed E-state index contributed by atoms with van der Waals surface area (Å²) in [7, 11) is 0. The van der Waals surface area contributed by atoms with Crippen molar-refractivity contribution >= 4 is 0 Å². The van der Waals surface area contributed by atoms with E-state index in [1.165, 1.54) is 12.1 Å². The zero-order valence-electron chi connectivity index (χ0n) is 13.4. The Morgan fingerprint density at radius 3 is 1.88 bits per heavy atom. The van der Waals surface area contributed by atoms with E-state index in [9.17, 15) is 20.4 Å². The Labute approximate surface area is 148 Å². The van der Waals surface area contributed by atoms with Gasteiger partial charge in [-0.2, -0.15) is 0 Å². The zero-order chi connectivity index (χ0) is 18.1. The average molecular weight is 350 g/mol. The largest absolute Gasteiger partial charge is 0.504 e. The van der Waals surface area contributed by atoms with Gasteiger partial charge in [-0.1, -0.05) is 24.3 Å². The molecule has 2 aliphatic rings. The molecule has 4 N–H and O–H groups in total. The van der Waals surface area contributed by atoms with Crippen LogP contribution in [0.25, 0.3) is 0 Å². The minimum absolute atomic E-state index is 0.0184. The van der Waals surface area contributed by atoms with Crippen LogP contribution in [0.1, 0.15) is 22.3 Å². The summed E-state index contributed by atoms with van der Waals surface area (Å²) < 4.78 is 11.9. The van der Waals surface area contributed by atoms with Gasteiger partial charge in [0.05, 0.1) is 6.61 Å². The van der Waals surface area contributed by atoms with E-state index in [0.29, 0.717) is 17.7 Å². The Morgan fingerprint density at radius 1 is 0.692 bits per heavy atom. The Morgan fingerprint density at radius 2 is 1.27 bits per heavy atom. The average Bonchev–Trinajstić information content (AvgIpc) is 3.03. The number of phenolic OH excluding ortho intramolecular Hbond substituents is 4. The summed E-state index contributed by atoms with van der Waals surface area (Å²) in [4.78, 5) is 0. The van der Waals surface area contributed by atoms with Crippen molar-refractivity contribution in [2.75, 3.05) is 0 Å². The molecule has 5 rings (SSSR count). The van der Waals surface area contributed by atoms with Crippen molar-refractivity contribution in [2.24, 2.45) is 0 Å². The Kier molecular flexibility index (Phi) is 2.77. The van der Waals surface area contributed by atoms with Crippen molar-refractivity contribution in [1.82, 2.24) is 0 Å². The van der Waals surface area contributed by atoms with Gasteiger partial charge in [-0.15, -0.1) is 0 Å². The van der Waals surface area contributed by atoms with Crippen molar-refractivity contribution in [2.45, 2.75) is 12.2 Å². The first kappa shape index (κ1) is 14.9. The topological polar surface area (TPSA) is 99.4 Å². The van der Waals surface area contributed by atoms with Crippen LogP contribution in [0.15, 0.2) is 48.5 Å². The second-order valence-electron chi connectivity index (χ2n) is 6.35. The summed E-state index contributed by atoms with van der Waals surface area (Å²) in [6, 6.07) is 13.6. The standard InChI is InChI=1S/C20H14O6/c21-14-7-5-12-18(16(14)23)26-19-13(6-8-15(22)17(19)24)20(12)11-4-2-1-3-10(11)9-25-20/h1-8,21-24H,9H2. The van der Waals surface area contributed by atoms with E-state index in [4.69, 9.17) is 9.47 Å². The van der Waals surface area contributed by atoms with Crippen LogP contribution in [0, 0.1) is 0 Å². The first-order valence-electron chi connectivity index (χ1n) is 8.05. The first-order valence-corrected chi connectivity index (χ1v) is 8.05. The van der Waals surface area contributed by atoms with Gasteiger partial charge in [-0.3, -0.25) is 0 Å². The van der Waals surface area contributed by atoms with Crippen molar-refractivity contribution in [3.05, 3.63) is 70.8 Å². The first-order chi connectivity index (χ1) is 12.5. The van der Waals surface area contributed by atoms with Crippen LogP contribution in [0.2, 0.25) is 0 Å². The summed E-state index contributed by atoms with van der Waals surface area (Å²) in [5.41, 5.74) is 1.70. The summed E-state index contributed by atoms with van der Waals surface area (Å²) in [5.74, 6) is -1.65. The van der Waals surface area contributed by atoms with Crippen molar-refractivity contribution in [3.63, 3.8) is 0 Å². The molecule has 0 saturated carbocycles. The molecule has 0 radical (unpaired) electrons. The van der Waals surface area contributed by atoms with Crippen LogP contribution in [0.3, 0.4) is 0 Å². The van der Waals surface area contributed by atoms with Crippen molar-refractivity contribution in [1.29, 1.82) is 0 Å². The molecule has 3 aromatic rings. The third-order valence-electron chi connectivity index (χ3n) is 5.02.